The molecule has 0 aliphatic heterocycles. The number of amides is 1. The molecule has 0 radical (unpaired) electrons. The van der Waals surface area contributed by atoms with Gasteiger partial charge < -0.3 is 5.32 Å². The smallest absolute Gasteiger partial charge is 0.251 e. The summed E-state index contributed by atoms with van der Waals surface area (Å²) in [6, 6.07) is 4.59. The van der Waals surface area contributed by atoms with Crippen LogP contribution in [-0.2, 0) is 11.2 Å². The summed E-state index contributed by atoms with van der Waals surface area (Å²) in [5.41, 5.74) is 4.11. The lowest BCUT2D eigenvalue weighted by Crippen LogP contribution is -2.29. The molecule has 152 valence electrons. The number of hydrogen-bond acceptors (Lipinski definition) is 4. The summed E-state index contributed by atoms with van der Waals surface area (Å²) in [6.07, 6.45) is 0.0790. The van der Waals surface area contributed by atoms with Gasteiger partial charge in [0.25, 0.3) is 5.95 Å². The van der Waals surface area contributed by atoms with Gasteiger partial charge in [-0.1, -0.05) is 6.07 Å². The molecule has 2 heterocycles. The summed E-state index contributed by atoms with van der Waals surface area (Å²) in [5, 5.41) is 7.24. The Balaban J connectivity index is 1.79. The van der Waals surface area contributed by atoms with E-state index in [1.807, 2.05) is 33.8 Å². The Morgan fingerprint density at radius 3 is 2.38 bits per heavy atom. The molecule has 1 amide bonds. The highest BCUT2D eigenvalue weighted by molar-refractivity contribution is 5.79. The van der Waals surface area contributed by atoms with Gasteiger partial charge >= 0.3 is 0 Å². The van der Waals surface area contributed by atoms with Crippen LogP contribution in [0, 0.1) is 39.3 Å². The molecule has 0 aliphatic rings. The van der Waals surface area contributed by atoms with Crippen LogP contribution in [0.1, 0.15) is 46.9 Å². The largest absolute Gasteiger partial charge is 0.349 e. The van der Waals surface area contributed by atoms with Gasteiger partial charge in [-0.15, -0.1) is 0 Å². The molecule has 0 saturated heterocycles. The number of nitrogens with zero attached hydrogens (tertiary/aromatic N) is 4. The molecule has 3 aromatic rings. The van der Waals surface area contributed by atoms with E-state index >= 15 is 0 Å². The second-order valence-electron chi connectivity index (χ2n) is 7.14. The summed E-state index contributed by atoms with van der Waals surface area (Å²) in [4.78, 5) is 21.4. The fraction of sp³-hybridized carbons (Fsp3) is 0.333. The molecular weight excluding hydrogens is 376 g/mol. The molecule has 1 N–H and O–H groups in total. The summed E-state index contributed by atoms with van der Waals surface area (Å²) < 4.78 is 28.7. The lowest BCUT2D eigenvalue weighted by atomic mass is 10.1. The minimum absolute atomic E-state index is 0.0790. The molecule has 2 aromatic heterocycles. The third-order valence-electron chi connectivity index (χ3n) is 4.74. The minimum Gasteiger partial charge on any atom is -0.349 e. The van der Waals surface area contributed by atoms with E-state index in [4.69, 9.17) is 0 Å². The third kappa shape index (κ3) is 4.47. The Morgan fingerprint density at radius 2 is 1.76 bits per heavy atom. The second kappa shape index (κ2) is 8.06. The fourth-order valence-corrected chi connectivity index (χ4v) is 3.31. The lowest BCUT2D eigenvalue weighted by molar-refractivity contribution is -0.121. The number of carbonyl (C=O) groups excluding carboxylic acids is 1. The van der Waals surface area contributed by atoms with Gasteiger partial charge in [-0.05, 0) is 46.8 Å². The first kappa shape index (κ1) is 20.6. The first-order valence-corrected chi connectivity index (χ1v) is 9.27. The highest BCUT2D eigenvalue weighted by atomic mass is 19.1. The van der Waals surface area contributed by atoms with E-state index in [9.17, 15) is 13.6 Å². The van der Waals surface area contributed by atoms with Crippen LogP contribution < -0.4 is 5.32 Å². The Bertz CT molecular complexity index is 1060. The van der Waals surface area contributed by atoms with Crippen molar-refractivity contribution in [3.05, 3.63) is 69.8 Å². The first-order chi connectivity index (χ1) is 13.7. The monoisotopic (exact) mass is 399 g/mol. The van der Waals surface area contributed by atoms with Crippen molar-refractivity contribution in [2.45, 2.75) is 47.1 Å². The van der Waals surface area contributed by atoms with E-state index in [1.54, 1.807) is 11.6 Å². The van der Waals surface area contributed by atoms with E-state index in [0.29, 0.717) is 11.6 Å². The van der Waals surface area contributed by atoms with Crippen LogP contribution in [0.15, 0.2) is 24.3 Å². The van der Waals surface area contributed by atoms with E-state index in [0.717, 1.165) is 28.7 Å². The summed E-state index contributed by atoms with van der Waals surface area (Å²) in [6.45, 7) is 9.09. The van der Waals surface area contributed by atoms with E-state index in [-0.39, 0.29) is 17.9 Å². The van der Waals surface area contributed by atoms with Crippen LogP contribution in [-0.4, -0.2) is 25.7 Å². The van der Waals surface area contributed by atoms with Crippen molar-refractivity contribution < 1.29 is 13.6 Å². The number of nitrogens with one attached hydrogen (secondary N) is 1. The van der Waals surface area contributed by atoms with Crippen molar-refractivity contribution >= 4 is 5.91 Å². The molecule has 8 heteroatoms. The highest BCUT2D eigenvalue weighted by Crippen LogP contribution is 2.20. The average Bonchev–Trinajstić information content (AvgIpc) is 2.89. The van der Waals surface area contributed by atoms with Gasteiger partial charge in [0, 0.05) is 34.3 Å². The van der Waals surface area contributed by atoms with Crippen molar-refractivity contribution in [3.63, 3.8) is 0 Å². The number of hydrogen-bond donors (Lipinski definition) is 1. The SMILES string of the molecule is Cc1cc(C)nc(-n2nc(C)c(CC(=O)NC(C)c3ccc(F)cc3F)c2C)n1. The molecule has 1 unspecified atom stereocenters. The van der Waals surface area contributed by atoms with Crippen molar-refractivity contribution in [1.29, 1.82) is 0 Å². The van der Waals surface area contributed by atoms with Gasteiger partial charge in [0.05, 0.1) is 18.2 Å². The maximum absolute atomic E-state index is 13.9. The van der Waals surface area contributed by atoms with E-state index < -0.39 is 17.7 Å². The molecule has 29 heavy (non-hydrogen) atoms. The predicted octanol–water partition coefficient (Wildman–Crippen LogP) is 3.59. The Hall–Kier alpha value is -3.16. The number of aryl methyl sites for hydroxylation is 3. The van der Waals surface area contributed by atoms with Crippen molar-refractivity contribution in [1.82, 2.24) is 25.1 Å². The third-order valence-corrected chi connectivity index (χ3v) is 4.74. The number of aromatic nitrogens is 4. The molecular formula is C21H23F2N5O. The summed E-state index contributed by atoms with van der Waals surface area (Å²) in [7, 11) is 0. The minimum atomic E-state index is -0.690. The zero-order valence-corrected chi connectivity index (χ0v) is 17.0. The Labute approximate surface area is 168 Å². The maximum atomic E-state index is 13.9. The van der Waals surface area contributed by atoms with Gasteiger partial charge in [0.1, 0.15) is 11.6 Å². The number of halogens is 2. The van der Waals surface area contributed by atoms with Crippen LogP contribution >= 0.6 is 0 Å². The molecule has 0 aliphatic carbocycles. The van der Waals surface area contributed by atoms with E-state index in [1.165, 1.54) is 12.1 Å². The Kier molecular flexibility index (Phi) is 5.72. The van der Waals surface area contributed by atoms with Crippen molar-refractivity contribution in [2.24, 2.45) is 0 Å². The predicted molar refractivity (Wildman–Crippen MR) is 105 cm³/mol. The maximum Gasteiger partial charge on any atom is 0.251 e. The standard InChI is InChI=1S/C21H23F2N5O/c1-11-8-12(2)25-21(24-11)28-15(5)18(14(4)27-28)10-20(29)26-13(3)17-7-6-16(22)9-19(17)23/h6-9,13H,10H2,1-5H3,(H,26,29). The van der Waals surface area contributed by atoms with Crippen LogP contribution in [0.5, 0.6) is 0 Å². The summed E-state index contributed by atoms with van der Waals surface area (Å²) in [5.74, 6) is -1.17. The quantitative estimate of drug-likeness (QED) is 0.712. The second-order valence-corrected chi connectivity index (χ2v) is 7.14. The number of benzene rings is 1. The molecule has 1 aromatic carbocycles. The lowest BCUT2D eigenvalue weighted by Gasteiger charge is -2.15. The average molecular weight is 399 g/mol. The fourth-order valence-electron chi connectivity index (χ4n) is 3.31. The van der Waals surface area contributed by atoms with Crippen molar-refractivity contribution in [2.75, 3.05) is 0 Å². The molecule has 1 atom stereocenters. The van der Waals surface area contributed by atoms with Crippen molar-refractivity contribution in [3.8, 4) is 5.95 Å². The molecule has 0 bridgehead atoms. The van der Waals surface area contributed by atoms with Crippen LogP contribution in [0.25, 0.3) is 5.95 Å². The molecule has 6 nitrogen and oxygen atoms in total. The van der Waals surface area contributed by atoms with Gasteiger partial charge in [-0.3, -0.25) is 4.79 Å². The topological polar surface area (TPSA) is 72.7 Å². The highest BCUT2D eigenvalue weighted by Gasteiger charge is 2.20. The van der Waals surface area contributed by atoms with E-state index in [2.05, 4.69) is 20.4 Å². The number of rotatable bonds is 5. The van der Waals surface area contributed by atoms with Crippen LogP contribution in [0.3, 0.4) is 0 Å². The zero-order chi connectivity index (χ0) is 21.3. The molecule has 0 spiro atoms. The number of carbonyl (C=O) groups is 1. The normalized spacial score (nSPS) is 12.1. The molecule has 3 rings (SSSR count). The molecule has 0 saturated carbocycles. The van der Waals surface area contributed by atoms with Gasteiger partial charge in [-0.25, -0.2) is 23.4 Å². The van der Waals surface area contributed by atoms with Gasteiger partial charge in [0.15, 0.2) is 0 Å². The van der Waals surface area contributed by atoms with Crippen LogP contribution in [0.2, 0.25) is 0 Å². The Morgan fingerprint density at radius 1 is 1.10 bits per heavy atom. The molecule has 0 fully saturated rings. The summed E-state index contributed by atoms with van der Waals surface area (Å²) >= 11 is 0. The van der Waals surface area contributed by atoms with Gasteiger partial charge in [-0.2, -0.15) is 5.10 Å². The first-order valence-electron chi connectivity index (χ1n) is 9.27. The van der Waals surface area contributed by atoms with Gasteiger partial charge in [0.2, 0.25) is 5.91 Å². The van der Waals surface area contributed by atoms with Crippen LogP contribution in [0.4, 0.5) is 8.78 Å². The zero-order valence-electron chi connectivity index (χ0n) is 17.0.